The fraction of sp³-hybridized carbons (Fsp3) is 0.600. The molecule has 18 heavy (non-hydrogen) atoms. The second-order valence-electron chi connectivity index (χ2n) is 5.66. The molecular formula is C15H19NO2. The lowest BCUT2D eigenvalue weighted by molar-refractivity contribution is -0.259. The number of hydrogen-bond donors (Lipinski definition) is 1. The van der Waals surface area contributed by atoms with Crippen LogP contribution in [-0.4, -0.2) is 25.0 Å². The van der Waals surface area contributed by atoms with E-state index in [1.807, 2.05) is 0 Å². The largest absolute Gasteiger partial charge is 0.345 e. The Balaban J connectivity index is 1.84. The highest BCUT2D eigenvalue weighted by molar-refractivity contribution is 5.30. The van der Waals surface area contributed by atoms with Gasteiger partial charge in [-0.1, -0.05) is 36.8 Å². The maximum atomic E-state index is 6.26. The van der Waals surface area contributed by atoms with Gasteiger partial charge >= 0.3 is 0 Å². The highest BCUT2D eigenvalue weighted by Gasteiger charge is 2.62. The van der Waals surface area contributed by atoms with Crippen molar-refractivity contribution in [3.05, 3.63) is 35.9 Å². The second-order valence-corrected chi connectivity index (χ2v) is 5.66. The standard InChI is InChI=1S/C15H19NO2/c1-2-6-12(7-3-1)14-8-4-5-9-15(14)17-11-13(18-15)10-16-14/h1-3,6-7,13,16H,4-5,8-11H2. The summed E-state index contributed by atoms with van der Waals surface area (Å²) in [5, 5.41) is 3.75. The molecule has 2 bridgehead atoms. The number of rotatable bonds is 1. The maximum absolute atomic E-state index is 6.26. The summed E-state index contributed by atoms with van der Waals surface area (Å²) in [6.07, 6.45) is 4.78. The lowest BCUT2D eigenvalue weighted by Gasteiger charge is -2.53. The van der Waals surface area contributed by atoms with Gasteiger partial charge < -0.3 is 14.8 Å². The minimum absolute atomic E-state index is 0.139. The molecular weight excluding hydrogens is 226 g/mol. The number of morpholine rings is 1. The van der Waals surface area contributed by atoms with Gasteiger partial charge in [-0.05, 0) is 18.4 Å². The van der Waals surface area contributed by atoms with Crippen LogP contribution in [0.1, 0.15) is 31.2 Å². The van der Waals surface area contributed by atoms with Crippen molar-refractivity contribution in [2.24, 2.45) is 0 Å². The van der Waals surface area contributed by atoms with Gasteiger partial charge in [-0.2, -0.15) is 0 Å². The van der Waals surface area contributed by atoms with E-state index >= 15 is 0 Å². The Bertz CT molecular complexity index is 445. The summed E-state index contributed by atoms with van der Waals surface area (Å²) in [5.74, 6) is -0.421. The van der Waals surface area contributed by atoms with Crippen molar-refractivity contribution in [2.75, 3.05) is 13.2 Å². The van der Waals surface area contributed by atoms with E-state index < -0.39 is 5.79 Å². The highest BCUT2D eigenvalue weighted by atomic mass is 16.8. The molecule has 3 nitrogen and oxygen atoms in total. The minimum Gasteiger partial charge on any atom is -0.345 e. The van der Waals surface area contributed by atoms with Crippen LogP contribution in [0.5, 0.6) is 0 Å². The summed E-state index contributed by atoms with van der Waals surface area (Å²) in [7, 11) is 0. The molecule has 2 saturated heterocycles. The molecule has 3 atom stereocenters. The molecule has 3 heteroatoms. The van der Waals surface area contributed by atoms with Crippen molar-refractivity contribution in [2.45, 2.75) is 43.1 Å². The Hall–Kier alpha value is -0.900. The van der Waals surface area contributed by atoms with Gasteiger partial charge in [0.05, 0.1) is 18.2 Å². The lowest BCUT2D eigenvalue weighted by atomic mass is 9.71. The molecule has 1 aromatic rings. The molecule has 3 unspecified atom stereocenters. The summed E-state index contributed by atoms with van der Waals surface area (Å²) in [4.78, 5) is 0. The molecule has 1 aromatic carbocycles. The summed E-state index contributed by atoms with van der Waals surface area (Å²) < 4.78 is 12.4. The third-order valence-electron chi connectivity index (χ3n) is 4.72. The SMILES string of the molecule is c1ccc(C23CCCCC24OCC(CN3)O4)cc1. The van der Waals surface area contributed by atoms with E-state index in [-0.39, 0.29) is 11.6 Å². The average molecular weight is 245 g/mol. The van der Waals surface area contributed by atoms with Crippen LogP contribution in [0.4, 0.5) is 0 Å². The Kier molecular flexibility index (Phi) is 2.31. The molecule has 2 heterocycles. The molecule has 1 spiro atoms. The first kappa shape index (κ1) is 11.0. The summed E-state index contributed by atoms with van der Waals surface area (Å²) in [5.41, 5.74) is 1.17. The van der Waals surface area contributed by atoms with Crippen molar-refractivity contribution in [3.63, 3.8) is 0 Å². The van der Waals surface area contributed by atoms with E-state index in [9.17, 15) is 0 Å². The Morgan fingerprint density at radius 1 is 1.11 bits per heavy atom. The van der Waals surface area contributed by atoms with Crippen molar-refractivity contribution in [1.82, 2.24) is 5.32 Å². The summed E-state index contributed by atoms with van der Waals surface area (Å²) >= 11 is 0. The van der Waals surface area contributed by atoms with Crippen LogP contribution in [0.25, 0.3) is 0 Å². The van der Waals surface area contributed by atoms with Crippen LogP contribution in [-0.2, 0) is 15.0 Å². The van der Waals surface area contributed by atoms with E-state index in [0.717, 1.165) is 26.0 Å². The van der Waals surface area contributed by atoms with Crippen molar-refractivity contribution in [3.8, 4) is 0 Å². The topological polar surface area (TPSA) is 30.5 Å². The van der Waals surface area contributed by atoms with Crippen LogP contribution in [0, 0.1) is 0 Å². The smallest absolute Gasteiger partial charge is 0.191 e. The van der Waals surface area contributed by atoms with E-state index in [4.69, 9.17) is 9.47 Å². The van der Waals surface area contributed by atoms with Crippen molar-refractivity contribution < 1.29 is 9.47 Å². The van der Waals surface area contributed by atoms with Gasteiger partial charge in [-0.15, -0.1) is 0 Å². The first-order valence-electron chi connectivity index (χ1n) is 6.97. The van der Waals surface area contributed by atoms with Gasteiger partial charge in [0, 0.05) is 13.0 Å². The zero-order valence-corrected chi connectivity index (χ0v) is 10.5. The molecule has 1 saturated carbocycles. The van der Waals surface area contributed by atoms with Crippen LogP contribution in [0.2, 0.25) is 0 Å². The minimum atomic E-state index is -0.421. The molecule has 4 rings (SSSR count). The number of benzene rings is 1. The molecule has 3 aliphatic rings. The van der Waals surface area contributed by atoms with E-state index in [1.54, 1.807) is 0 Å². The molecule has 0 amide bonds. The number of fused-ring (bicyclic) bond motifs is 1. The number of nitrogens with one attached hydrogen (secondary N) is 1. The molecule has 0 aromatic heterocycles. The van der Waals surface area contributed by atoms with Crippen molar-refractivity contribution in [1.29, 1.82) is 0 Å². The van der Waals surface area contributed by atoms with Crippen LogP contribution < -0.4 is 5.32 Å². The molecule has 0 radical (unpaired) electrons. The first-order chi connectivity index (χ1) is 8.85. The summed E-state index contributed by atoms with van der Waals surface area (Å²) in [6.45, 7) is 1.64. The second kappa shape index (κ2) is 3.80. The van der Waals surface area contributed by atoms with Gasteiger partial charge in [0.2, 0.25) is 0 Å². The van der Waals surface area contributed by atoms with Gasteiger partial charge in [0.25, 0.3) is 0 Å². The zero-order valence-electron chi connectivity index (χ0n) is 10.5. The monoisotopic (exact) mass is 245 g/mol. The molecule has 96 valence electrons. The molecule has 2 aliphatic heterocycles. The first-order valence-corrected chi connectivity index (χ1v) is 6.97. The average Bonchev–Trinajstić information content (AvgIpc) is 2.78. The van der Waals surface area contributed by atoms with Crippen LogP contribution in [0.3, 0.4) is 0 Å². The Morgan fingerprint density at radius 3 is 2.83 bits per heavy atom. The van der Waals surface area contributed by atoms with E-state index in [2.05, 4.69) is 35.6 Å². The maximum Gasteiger partial charge on any atom is 0.191 e. The predicted octanol–water partition coefficient (Wildman–Crippen LogP) is 2.17. The molecule has 1 N–H and O–H groups in total. The zero-order chi connectivity index (χ0) is 12.1. The van der Waals surface area contributed by atoms with Crippen molar-refractivity contribution >= 4 is 0 Å². The van der Waals surface area contributed by atoms with Gasteiger partial charge in [0.15, 0.2) is 5.79 Å². The summed E-state index contributed by atoms with van der Waals surface area (Å²) in [6, 6.07) is 10.7. The lowest BCUT2D eigenvalue weighted by Crippen LogP contribution is -2.66. The Morgan fingerprint density at radius 2 is 1.94 bits per heavy atom. The predicted molar refractivity (Wildman–Crippen MR) is 68.1 cm³/mol. The van der Waals surface area contributed by atoms with Gasteiger partial charge in [-0.3, -0.25) is 0 Å². The van der Waals surface area contributed by atoms with E-state index in [0.29, 0.717) is 0 Å². The van der Waals surface area contributed by atoms with Crippen LogP contribution >= 0.6 is 0 Å². The van der Waals surface area contributed by atoms with Gasteiger partial charge in [-0.25, -0.2) is 0 Å². The third-order valence-corrected chi connectivity index (χ3v) is 4.72. The van der Waals surface area contributed by atoms with Crippen LogP contribution in [0.15, 0.2) is 30.3 Å². The van der Waals surface area contributed by atoms with E-state index in [1.165, 1.54) is 18.4 Å². The fourth-order valence-corrected chi connectivity index (χ4v) is 3.87. The quantitative estimate of drug-likeness (QED) is 0.822. The Labute approximate surface area is 107 Å². The van der Waals surface area contributed by atoms with Gasteiger partial charge in [0.1, 0.15) is 0 Å². The third kappa shape index (κ3) is 1.30. The normalized spacial score (nSPS) is 42.6. The number of ether oxygens (including phenoxy) is 2. The molecule has 3 fully saturated rings. The molecule has 1 aliphatic carbocycles. The highest BCUT2D eigenvalue weighted by Crippen LogP contribution is 2.52. The fourth-order valence-electron chi connectivity index (χ4n) is 3.87. The number of hydrogen-bond acceptors (Lipinski definition) is 3.